The van der Waals surface area contributed by atoms with Crippen LogP contribution in [0.4, 0.5) is 8.78 Å². The van der Waals surface area contributed by atoms with E-state index in [2.05, 4.69) is 9.97 Å². The first-order valence-electron chi connectivity index (χ1n) is 10.7. The summed E-state index contributed by atoms with van der Waals surface area (Å²) in [6.45, 7) is 4.12. The van der Waals surface area contributed by atoms with Crippen LogP contribution < -0.4 is 4.74 Å². The number of imidazole rings is 1. The van der Waals surface area contributed by atoms with Crippen molar-refractivity contribution in [2.45, 2.75) is 20.5 Å². The van der Waals surface area contributed by atoms with E-state index in [1.165, 1.54) is 22.7 Å². The fraction of sp³-hybridized carbons (Fsp3) is 0.115. The summed E-state index contributed by atoms with van der Waals surface area (Å²) in [5.74, 6) is -2.22. The van der Waals surface area contributed by atoms with Gasteiger partial charge in [0, 0.05) is 23.3 Å². The van der Waals surface area contributed by atoms with Gasteiger partial charge in [-0.3, -0.25) is 9.38 Å². The van der Waals surface area contributed by atoms with Gasteiger partial charge in [-0.2, -0.15) is 0 Å². The molecule has 0 fully saturated rings. The number of rotatable bonds is 5. The molecule has 0 spiro atoms. The molecule has 2 aromatic carbocycles. The molecule has 172 valence electrons. The van der Waals surface area contributed by atoms with Crippen molar-refractivity contribution in [3.63, 3.8) is 0 Å². The maximum absolute atomic E-state index is 14.7. The van der Waals surface area contributed by atoms with E-state index >= 15 is 0 Å². The predicted molar refractivity (Wildman–Crippen MR) is 125 cm³/mol. The first-order chi connectivity index (χ1) is 16.5. The molecule has 0 saturated carbocycles. The highest BCUT2D eigenvalue weighted by Gasteiger charge is 2.15. The normalized spacial score (nSPS) is 10.7. The van der Waals surface area contributed by atoms with Crippen molar-refractivity contribution in [2.24, 2.45) is 0 Å². The molecule has 0 radical (unpaired) electrons. The summed E-state index contributed by atoms with van der Waals surface area (Å²) in [4.78, 5) is 19.5. The van der Waals surface area contributed by atoms with Crippen molar-refractivity contribution < 1.29 is 23.4 Å². The Morgan fingerprint density at radius 2 is 1.76 bits per heavy atom. The van der Waals surface area contributed by atoms with Crippen LogP contribution in [-0.2, 0) is 6.61 Å². The van der Waals surface area contributed by atoms with E-state index in [4.69, 9.17) is 9.84 Å². The number of halogens is 2. The molecule has 3 aromatic heterocycles. The minimum atomic E-state index is -1.37. The molecule has 0 saturated heterocycles. The smallest absolute Gasteiger partial charge is 0.338 e. The van der Waals surface area contributed by atoms with E-state index in [1.54, 1.807) is 18.5 Å². The highest BCUT2D eigenvalue weighted by molar-refractivity contribution is 5.88. The second-order valence-electron chi connectivity index (χ2n) is 7.13. The van der Waals surface area contributed by atoms with E-state index in [9.17, 15) is 13.6 Å². The summed E-state index contributed by atoms with van der Waals surface area (Å²) < 4.78 is 36.4. The van der Waals surface area contributed by atoms with Crippen LogP contribution in [0.1, 0.15) is 29.9 Å². The van der Waals surface area contributed by atoms with Gasteiger partial charge >= 0.3 is 5.97 Å². The molecule has 1 N–H and O–H groups in total. The molecule has 0 aliphatic rings. The molecule has 34 heavy (non-hydrogen) atoms. The zero-order valence-corrected chi connectivity index (χ0v) is 18.5. The third-order valence-corrected chi connectivity index (χ3v) is 5.15. The molecule has 0 amide bonds. The van der Waals surface area contributed by atoms with E-state index in [1.807, 2.05) is 38.1 Å². The van der Waals surface area contributed by atoms with Gasteiger partial charge in [0.2, 0.25) is 0 Å². The molecule has 8 heteroatoms. The summed E-state index contributed by atoms with van der Waals surface area (Å²) in [5.41, 5.74) is 1.76. The maximum atomic E-state index is 14.7. The van der Waals surface area contributed by atoms with Crippen molar-refractivity contribution >= 4 is 22.5 Å². The Kier molecular flexibility index (Phi) is 6.49. The standard InChI is InChI=1S/C24H15F2N3O3.C2H6/c25-19-9-14(5-6-17(19)24(30)31)15-10-20(26)23-28-11-16(29(23)12-15)13-32-22-7-8-27-21-4-2-1-3-18(21)22;1-2/h1-12H,13H2,(H,30,31);1-2H3. The molecule has 3 heterocycles. The van der Waals surface area contributed by atoms with Gasteiger partial charge in [-0.1, -0.05) is 32.0 Å². The minimum absolute atomic E-state index is 0.106. The number of benzene rings is 2. The Bertz CT molecular complexity index is 1490. The number of carboxylic acid groups (broad SMARTS) is 1. The lowest BCUT2D eigenvalue weighted by molar-refractivity contribution is 0.0692. The number of nitrogens with zero attached hydrogens (tertiary/aromatic N) is 3. The number of aromatic carboxylic acids is 1. The lowest BCUT2D eigenvalue weighted by Crippen LogP contribution is -2.02. The SMILES string of the molecule is CC.O=C(O)c1ccc(-c2cc(F)c3ncc(COc4ccnc5ccccc45)n3c2)cc1F. The van der Waals surface area contributed by atoms with Gasteiger partial charge in [-0.25, -0.2) is 18.6 Å². The average molecular weight is 461 g/mol. The number of aromatic nitrogens is 3. The lowest BCUT2D eigenvalue weighted by Gasteiger charge is -2.10. The number of ether oxygens (including phenoxy) is 1. The van der Waals surface area contributed by atoms with E-state index in [-0.39, 0.29) is 12.3 Å². The van der Waals surface area contributed by atoms with Crippen molar-refractivity contribution in [1.82, 2.24) is 14.4 Å². The topological polar surface area (TPSA) is 76.7 Å². The summed E-state index contributed by atoms with van der Waals surface area (Å²) in [7, 11) is 0. The van der Waals surface area contributed by atoms with Crippen molar-refractivity contribution in [3.05, 3.63) is 96.1 Å². The predicted octanol–water partition coefficient (Wildman–Crippen LogP) is 6.13. The highest BCUT2D eigenvalue weighted by Crippen LogP contribution is 2.27. The van der Waals surface area contributed by atoms with Crippen molar-refractivity contribution in [2.75, 3.05) is 0 Å². The number of hydrogen-bond donors (Lipinski definition) is 1. The zero-order chi connectivity index (χ0) is 24.2. The highest BCUT2D eigenvalue weighted by atomic mass is 19.1. The van der Waals surface area contributed by atoms with Gasteiger partial charge in [0.25, 0.3) is 0 Å². The van der Waals surface area contributed by atoms with Crippen LogP contribution >= 0.6 is 0 Å². The van der Waals surface area contributed by atoms with Crippen LogP contribution in [0.15, 0.2) is 73.2 Å². The van der Waals surface area contributed by atoms with E-state index in [0.29, 0.717) is 22.6 Å². The van der Waals surface area contributed by atoms with Crippen LogP contribution in [0, 0.1) is 11.6 Å². The number of hydrogen-bond acceptors (Lipinski definition) is 4. The third kappa shape index (κ3) is 4.30. The molecule has 0 aliphatic heterocycles. The van der Waals surface area contributed by atoms with Gasteiger partial charge in [-0.05, 0) is 42.0 Å². The molecule has 5 aromatic rings. The monoisotopic (exact) mass is 461 g/mol. The fourth-order valence-electron chi connectivity index (χ4n) is 3.57. The summed E-state index contributed by atoms with van der Waals surface area (Å²) in [6.07, 6.45) is 4.78. The Hall–Kier alpha value is -4.33. The molecule has 5 rings (SSSR count). The summed E-state index contributed by atoms with van der Waals surface area (Å²) >= 11 is 0. The second kappa shape index (κ2) is 9.66. The molecule has 0 bridgehead atoms. The fourth-order valence-corrected chi connectivity index (χ4v) is 3.57. The maximum Gasteiger partial charge on any atom is 0.338 e. The largest absolute Gasteiger partial charge is 0.487 e. The molecule has 0 atom stereocenters. The summed E-state index contributed by atoms with van der Waals surface area (Å²) in [6, 6.07) is 14.2. The third-order valence-electron chi connectivity index (χ3n) is 5.15. The Morgan fingerprint density at radius 3 is 2.53 bits per heavy atom. The molecular formula is C26H21F2N3O3. The van der Waals surface area contributed by atoms with Crippen LogP contribution in [0.5, 0.6) is 5.75 Å². The molecular weight excluding hydrogens is 440 g/mol. The number of carbonyl (C=O) groups is 1. The quantitative estimate of drug-likeness (QED) is 0.341. The number of pyridine rings is 2. The molecule has 0 unspecified atom stereocenters. The minimum Gasteiger partial charge on any atom is -0.487 e. The number of para-hydroxylation sites is 1. The van der Waals surface area contributed by atoms with Gasteiger partial charge < -0.3 is 9.84 Å². The second-order valence-corrected chi connectivity index (χ2v) is 7.13. The van der Waals surface area contributed by atoms with Crippen LogP contribution in [0.25, 0.3) is 27.7 Å². The van der Waals surface area contributed by atoms with Crippen LogP contribution in [-0.4, -0.2) is 25.4 Å². The number of carboxylic acids is 1. The van der Waals surface area contributed by atoms with Gasteiger partial charge in [0.1, 0.15) is 18.2 Å². The first-order valence-corrected chi connectivity index (χ1v) is 10.7. The van der Waals surface area contributed by atoms with Gasteiger partial charge in [0.15, 0.2) is 11.5 Å². The summed E-state index contributed by atoms with van der Waals surface area (Å²) in [5, 5.41) is 9.86. The lowest BCUT2D eigenvalue weighted by atomic mass is 10.0. The van der Waals surface area contributed by atoms with E-state index < -0.39 is 23.2 Å². The van der Waals surface area contributed by atoms with E-state index in [0.717, 1.165) is 23.0 Å². The average Bonchev–Trinajstić information content (AvgIpc) is 3.27. The van der Waals surface area contributed by atoms with Crippen LogP contribution in [0.3, 0.4) is 0 Å². The van der Waals surface area contributed by atoms with Gasteiger partial charge in [0.05, 0.1) is 23.0 Å². The van der Waals surface area contributed by atoms with Crippen LogP contribution in [0.2, 0.25) is 0 Å². The molecule has 0 aliphatic carbocycles. The number of fused-ring (bicyclic) bond motifs is 2. The molecule has 6 nitrogen and oxygen atoms in total. The Morgan fingerprint density at radius 1 is 1.00 bits per heavy atom. The van der Waals surface area contributed by atoms with Crippen molar-refractivity contribution in [3.8, 4) is 16.9 Å². The Balaban J connectivity index is 0.00000133. The zero-order valence-electron chi connectivity index (χ0n) is 18.5. The van der Waals surface area contributed by atoms with Gasteiger partial charge in [-0.15, -0.1) is 0 Å². The van der Waals surface area contributed by atoms with Crippen molar-refractivity contribution in [1.29, 1.82) is 0 Å². The first kappa shape index (κ1) is 22.8. The Labute approximate surface area is 194 Å².